The minimum Gasteiger partial charge on any atom is -0.454 e. The van der Waals surface area contributed by atoms with E-state index in [4.69, 9.17) is 19.2 Å². The molecule has 4 rings (SSSR count). The number of ether oxygens (including phenoxy) is 3. The Hall–Kier alpha value is -1.99. The molecule has 7 nitrogen and oxygen atoms in total. The van der Waals surface area contributed by atoms with Gasteiger partial charge in [-0.25, -0.2) is 0 Å². The number of rotatable bonds is 6. The second-order valence-electron chi connectivity index (χ2n) is 8.24. The van der Waals surface area contributed by atoms with Gasteiger partial charge in [0, 0.05) is 38.9 Å². The van der Waals surface area contributed by atoms with E-state index in [1.54, 1.807) is 0 Å². The molecule has 2 fully saturated rings. The third kappa shape index (κ3) is 4.61. The molecule has 1 aromatic rings. The molecular formula is C22H34N4O3. The van der Waals surface area contributed by atoms with Gasteiger partial charge in [-0.05, 0) is 63.4 Å². The highest BCUT2D eigenvalue weighted by molar-refractivity contribution is 5.79. The second-order valence-corrected chi connectivity index (χ2v) is 8.24. The van der Waals surface area contributed by atoms with Crippen LogP contribution in [0.4, 0.5) is 0 Å². The van der Waals surface area contributed by atoms with Gasteiger partial charge in [0.15, 0.2) is 17.5 Å². The van der Waals surface area contributed by atoms with Crippen molar-refractivity contribution >= 4 is 5.96 Å². The number of guanidine groups is 1. The topological polar surface area (TPSA) is 58.6 Å². The van der Waals surface area contributed by atoms with Crippen molar-refractivity contribution in [3.05, 3.63) is 23.8 Å². The Morgan fingerprint density at radius 2 is 1.93 bits per heavy atom. The van der Waals surface area contributed by atoms with Gasteiger partial charge in [0.2, 0.25) is 6.79 Å². The van der Waals surface area contributed by atoms with Crippen LogP contribution in [-0.4, -0.2) is 74.5 Å². The van der Waals surface area contributed by atoms with Crippen molar-refractivity contribution in [3.63, 3.8) is 0 Å². The lowest BCUT2D eigenvalue weighted by Gasteiger charge is -2.43. The van der Waals surface area contributed by atoms with Crippen molar-refractivity contribution in [1.29, 1.82) is 0 Å². The number of hydrogen-bond donors (Lipinski definition) is 1. The molecule has 0 unspecified atom stereocenters. The fourth-order valence-corrected chi connectivity index (χ4v) is 4.60. The summed E-state index contributed by atoms with van der Waals surface area (Å²) in [7, 11) is 2.10. The summed E-state index contributed by atoms with van der Waals surface area (Å²) in [5.74, 6) is 2.60. The van der Waals surface area contributed by atoms with E-state index in [0.29, 0.717) is 6.79 Å². The Morgan fingerprint density at radius 3 is 2.69 bits per heavy atom. The van der Waals surface area contributed by atoms with Gasteiger partial charge < -0.3 is 24.4 Å². The van der Waals surface area contributed by atoms with Crippen molar-refractivity contribution in [2.75, 3.05) is 53.2 Å². The first-order valence-corrected chi connectivity index (χ1v) is 10.9. The highest BCUT2D eigenvalue weighted by Crippen LogP contribution is 2.33. The smallest absolute Gasteiger partial charge is 0.231 e. The molecule has 0 amide bonds. The van der Waals surface area contributed by atoms with Gasteiger partial charge in [-0.3, -0.25) is 9.89 Å². The van der Waals surface area contributed by atoms with Gasteiger partial charge in [-0.2, -0.15) is 0 Å². The van der Waals surface area contributed by atoms with Gasteiger partial charge in [-0.1, -0.05) is 6.07 Å². The Kier molecular flexibility index (Phi) is 6.45. The summed E-state index contributed by atoms with van der Waals surface area (Å²) >= 11 is 0. The minimum atomic E-state index is 0.148. The average molecular weight is 403 g/mol. The molecule has 0 bridgehead atoms. The van der Waals surface area contributed by atoms with Gasteiger partial charge in [0.25, 0.3) is 0 Å². The number of aliphatic imine (C=N–C) groups is 1. The van der Waals surface area contributed by atoms with Gasteiger partial charge in [0.1, 0.15) is 0 Å². The maximum Gasteiger partial charge on any atom is 0.231 e. The third-order valence-electron chi connectivity index (χ3n) is 6.28. The molecule has 0 aromatic heterocycles. The lowest BCUT2D eigenvalue weighted by molar-refractivity contribution is -0.0139. The van der Waals surface area contributed by atoms with Crippen molar-refractivity contribution in [3.8, 4) is 11.5 Å². The fourth-order valence-electron chi connectivity index (χ4n) is 4.60. The van der Waals surface area contributed by atoms with E-state index in [2.05, 4.69) is 41.2 Å². The molecule has 0 spiro atoms. The monoisotopic (exact) mass is 402 g/mol. The summed E-state index contributed by atoms with van der Waals surface area (Å²) in [6.45, 7) is 8.94. The Bertz CT molecular complexity index is 712. The van der Waals surface area contributed by atoms with E-state index in [9.17, 15) is 0 Å². The largest absolute Gasteiger partial charge is 0.454 e. The summed E-state index contributed by atoms with van der Waals surface area (Å²) in [5.41, 5.74) is 1.33. The Balaban J connectivity index is 1.47. The highest BCUT2D eigenvalue weighted by Gasteiger charge is 2.39. The molecule has 0 atom stereocenters. The van der Waals surface area contributed by atoms with E-state index in [-0.39, 0.29) is 5.54 Å². The Morgan fingerprint density at radius 1 is 1.17 bits per heavy atom. The van der Waals surface area contributed by atoms with E-state index in [1.165, 1.54) is 31.5 Å². The molecule has 0 aliphatic carbocycles. The van der Waals surface area contributed by atoms with Crippen molar-refractivity contribution in [1.82, 2.24) is 15.1 Å². The van der Waals surface area contributed by atoms with Crippen LogP contribution >= 0.6 is 0 Å². The van der Waals surface area contributed by atoms with E-state index in [0.717, 1.165) is 63.1 Å². The van der Waals surface area contributed by atoms with Crippen LogP contribution in [0, 0.1) is 0 Å². The first-order valence-electron chi connectivity index (χ1n) is 10.9. The lowest BCUT2D eigenvalue weighted by atomic mass is 9.88. The standard InChI is InChI=1S/C22H34N4O3/c1-3-23-21(25(2)15-18-6-7-19-20(14-18)29-17-28-19)24-16-22(8-12-27-13-9-22)26-10-4-5-11-26/h6-7,14H,3-5,8-13,15-17H2,1-2H3,(H,23,24). The van der Waals surface area contributed by atoms with Crippen LogP contribution in [0.25, 0.3) is 0 Å². The molecule has 0 radical (unpaired) electrons. The molecule has 0 saturated carbocycles. The molecule has 7 heteroatoms. The predicted molar refractivity (Wildman–Crippen MR) is 114 cm³/mol. The van der Waals surface area contributed by atoms with E-state index < -0.39 is 0 Å². The van der Waals surface area contributed by atoms with Crippen LogP contribution in [0.15, 0.2) is 23.2 Å². The number of fused-ring (bicyclic) bond motifs is 1. The maximum absolute atomic E-state index is 5.68. The SMILES string of the molecule is CCNC(=NCC1(N2CCCC2)CCOCC1)N(C)Cc1ccc2c(c1)OCO2. The van der Waals surface area contributed by atoms with Crippen LogP contribution in [0.1, 0.15) is 38.2 Å². The van der Waals surface area contributed by atoms with Crippen molar-refractivity contribution < 1.29 is 14.2 Å². The van der Waals surface area contributed by atoms with Crippen LogP contribution in [0.5, 0.6) is 11.5 Å². The van der Waals surface area contributed by atoms with Gasteiger partial charge >= 0.3 is 0 Å². The summed E-state index contributed by atoms with van der Waals surface area (Å²) in [4.78, 5) is 9.96. The number of benzene rings is 1. The summed E-state index contributed by atoms with van der Waals surface area (Å²) in [6, 6.07) is 6.14. The fraction of sp³-hybridized carbons (Fsp3) is 0.682. The number of nitrogens with one attached hydrogen (secondary N) is 1. The van der Waals surface area contributed by atoms with Gasteiger partial charge in [0.05, 0.1) is 6.54 Å². The summed E-state index contributed by atoms with van der Waals surface area (Å²) in [6.07, 6.45) is 4.75. The highest BCUT2D eigenvalue weighted by atomic mass is 16.7. The molecule has 2 saturated heterocycles. The maximum atomic E-state index is 5.68. The first-order chi connectivity index (χ1) is 14.2. The average Bonchev–Trinajstić information content (AvgIpc) is 3.43. The van der Waals surface area contributed by atoms with Crippen LogP contribution in [0.3, 0.4) is 0 Å². The molecule has 3 heterocycles. The summed E-state index contributed by atoms with van der Waals surface area (Å²) < 4.78 is 16.6. The van der Waals surface area contributed by atoms with Crippen molar-refractivity contribution in [2.24, 2.45) is 4.99 Å². The molecule has 29 heavy (non-hydrogen) atoms. The van der Waals surface area contributed by atoms with Crippen molar-refractivity contribution in [2.45, 2.75) is 44.7 Å². The van der Waals surface area contributed by atoms with Crippen LogP contribution in [0.2, 0.25) is 0 Å². The first kappa shape index (κ1) is 20.3. The quantitative estimate of drug-likeness (QED) is 0.583. The van der Waals surface area contributed by atoms with E-state index in [1.807, 2.05) is 6.07 Å². The number of nitrogens with zero attached hydrogens (tertiary/aromatic N) is 3. The number of hydrogen-bond acceptors (Lipinski definition) is 5. The second kappa shape index (κ2) is 9.22. The zero-order valence-corrected chi connectivity index (χ0v) is 17.8. The zero-order valence-electron chi connectivity index (χ0n) is 17.8. The van der Waals surface area contributed by atoms with E-state index >= 15 is 0 Å². The third-order valence-corrected chi connectivity index (χ3v) is 6.28. The molecule has 160 valence electrons. The molecular weight excluding hydrogens is 368 g/mol. The lowest BCUT2D eigenvalue weighted by Crippen LogP contribution is -2.54. The zero-order chi connectivity index (χ0) is 20.1. The minimum absolute atomic E-state index is 0.148. The van der Waals surface area contributed by atoms with Crippen LogP contribution in [-0.2, 0) is 11.3 Å². The normalized spacial score (nSPS) is 21.4. The molecule has 1 N–H and O–H groups in total. The number of likely N-dealkylation sites (tertiary alicyclic amines) is 1. The molecule has 1 aromatic carbocycles. The summed E-state index contributed by atoms with van der Waals surface area (Å²) in [5, 5.41) is 3.47. The predicted octanol–water partition coefficient (Wildman–Crippen LogP) is 2.46. The molecule has 3 aliphatic heterocycles. The van der Waals surface area contributed by atoms with Gasteiger partial charge in [-0.15, -0.1) is 0 Å². The Labute approximate surface area is 174 Å². The molecule has 3 aliphatic rings. The van der Waals surface area contributed by atoms with Crippen LogP contribution < -0.4 is 14.8 Å².